The summed E-state index contributed by atoms with van der Waals surface area (Å²) in [6.45, 7) is 0.777. The van der Waals surface area contributed by atoms with Gasteiger partial charge in [0.15, 0.2) is 0 Å². The van der Waals surface area contributed by atoms with E-state index < -0.39 is 17.7 Å². The third-order valence-electron chi connectivity index (χ3n) is 3.10. The monoisotopic (exact) mass is 305 g/mol. The summed E-state index contributed by atoms with van der Waals surface area (Å²) < 4.78 is 27.6. The average Bonchev–Trinajstić information content (AvgIpc) is 2.35. The van der Waals surface area contributed by atoms with Crippen molar-refractivity contribution >= 4 is 15.9 Å². The molecule has 0 spiro atoms. The van der Waals surface area contributed by atoms with Gasteiger partial charge in [-0.15, -0.1) is 0 Å². The molecule has 2 nitrogen and oxygen atoms in total. The number of aliphatic hydroxyl groups is 1. The Bertz CT molecular complexity index is 408. The van der Waals surface area contributed by atoms with Gasteiger partial charge in [0.2, 0.25) is 0 Å². The van der Waals surface area contributed by atoms with Crippen LogP contribution in [0.25, 0.3) is 0 Å². The molecule has 0 radical (unpaired) electrons. The zero-order valence-electron chi connectivity index (χ0n) is 9.22. The van der Waals surface area contributed by atoms with Crippen LogP contribution in [0.1, 0.15) is 30.9 Å². The summed E-state index contributed by atoms with van der Waals surface area (Å²) in [5.74, 6) is -1.42. The third-order valence-corrected chi connectivity index (χ3v) is 3.72. The van der Waals surface area contributed by atoms with Gasteiger partial charge in [-0.1, -0.05) is 6.42 Å². The Morgan fingerprint density at radius 3 is 2.76 bits per heavy atom. The number of hydrogen-bond donors (Lipinski definition) is 2. The predicted octanol–water partition coefficient (Wildman–Crippen LogP) is 2.90. The van der Waals surface area contributed by atoms with E-state index in [1.54, 1.807) is 0 Å². The van der Waals surface area contributed by atoms with Crippen molar-refractivity contribution < 1.29 is 13.9 Å². The van der Waals surface area contributed by atoms with Crippen LogP contribution in [0.3, 0.4) is 0 Å². The summed E-state index contributed by atoms with van der Waals surface area (Å²) in [6, 6.07) is 2.19. The van der Waals surface area contributed by atoms with Crippen molar-refractivity contribution in [3.63, 3.8) is 0 Å². The molecule has 94 valence electrons. The van der Waals surface area contributed by atoms with Crippen molar-refractivity contribution in [3.05, 3.63) is 33.8 Å². The Labute approximate surface area is 107 Å². The Kier molecular flexibility index (Phi) is 4.12. The van der Waals surface area contributed by atoms with Crippen LogP contribution in [0.4, 0.5) is 8.78 Å². The first kappa shape index (κ1) is 12.9. The molecule has 0 aliphatic carbocycles. The molecular weight excluding hydrogens is 292 g/mol. The molecule has 2 N–H and O–H groups in total. The van der Waals surface area contributed by atoms with Gasteiger partial charge >= 0.3 is 0 Å². The largest absolute Gasteiger partial charge is 0.387 e. The van der Waals surface area contributed by atoms with Gasteiger partial charge in [0.25, 0.3) is 0 Å². The van der Waals surface area contributed by atoms with Crippen molar-refractivity contribution in [2.24, 2.45) is 0 Å². The van der Waals surface area contributed by atoms with E-state index in [0.717, 1.165) is 31.9 Å². The van der Waals surface area contributed by atoms with Crippen molar-refractivity contribution in [2.75, 3.05) is 6.54 Å². The normalized spacial score (nSPS) is 22.5. The molecule has 0 amide bonds. The second kappa shape index (κ2) is 5.42. The van der Waals surface area contributed by atoms with Crippen LogP contribution < -0.4 is 5.32 Å². The summed E-state index contributed by atoms with van der Waals surface area (Å²) in [5.41, 5.74) is -0.251. The van der Waals surface area contributed by atoms with Crippen LogP contribution in [-0.4, -0.2) is 17.7 Å². The quantitative estimate of drug-likeness (QED) is 0.824. The first-order valence-electron chi connectivity index (χ1n) is 5.66. The number of benzene rings is 1. The molecule has 0 saturated carbocycles. The zero-order chi connectivity index (χ0) is 12.4. The molecule has 0 bridgehead atoms. The second-order valence-corrected chi connectivity index (χ2v) is 5.11. The van der Waals surface area contributed by atoms with Crippen LogP contribution in [0, 0.1) is 11.6 Å². The highest BCUT2D eigenvalue weighted by Gasteiger charge is 2.28. The van der Waals surface area contributed by atoms with Crippen molar-refractivity contribution in [1.82, 2.24) is 5.32 Å². The number of rotatable bonds is 2. The number of aliphatic hydroxyl groups excluding tert-OH is 1. The minimum atomic E-state index is -1.15. The van der Waals surface area contributed by atoms with E-state index >= 15 is 0 Å². The molecule has 1 aromatic carbocycles. The molecule has 1 aliphatic rings. The molecular formula is C12H14BrF2NO. The number of hydrogen-bond acceptors (Lipinski definition) is 2. The Morgan fingerprint density at radius 1 is 1.35 bits per heavy atom. The van der Waals surface area contributed by atoms with Crippen LogP contribution in [0.15, 0.2) is 16.6 Å². The van der Waals surface area contributed by atoms with Crippen LogP contribution >= 0.6 is 15.9 Å². The first-order valence-corrected chi connectivity index (χ1v) is 6.45. The number of halogens is 3. The molecule has 1 saturated heterocycles. The maximum Gasteiger partial charge on any atom is 0.146 e. The summed E-state index contributed by atoms with van der Waals surface area (Å²) in [7, 11) is 0. The molecule has 1 fully saturated rings. The predicted molar refractivity (Wildman–Crippen MR) is 64.7 cm³/mol. The fourth-order valence-electron chi connectivity index (χ4n) is 2.16. The van der Waals surface area contributed by atoms with E-state index in [4.69, 9.17) is 0 Å². The van der Waals surface area contributed by atoms with E-state index in [1.807, 2.05) is 0 Å². The summed E-state index contributed by atoms with van der Waals surface area (Å²) in [5, 5.41) is 13.2. The molecule has 5 heteroatoms. The molecule has 2 unspecified atom stereocenters. The lowest BCUT2D eigenvalue weighted by atomic mass is 9.94. The Balaban J connectivity index is 2.29. The zero-order valence-corrected chi connectivity index (χ0v) is 10.8. The molecule has 2 atom stereocenters. The SMILES string of the molecule is OC(c1c(F)ccc(Br)c1F)C1CCCCN1. The average molecular weight is 306 g/mol. The standard InChI is InChI=1S/C12H14BrF2NO/c13-7-4-5-8(14)10(11(7)15)12(17)9-3-1-2-6-16-9/h4-5,9,12,16-17H,1-3,6H2. The van der Waals surface area contributed by atoms with Gasteiger partial charge in [0, 0.05) is 6.04 Å². The smallest absolute Gasteiger partial charge is 0.146 e. The van der Waals surface area contributed by atoms with Gasteiger partial charge < -0.3 is 10.4 Å². The van der Waals surface area contributed by atoms with Crippen molar-refractivity contribution in [3.8, 4) is 0 Å². The van der Waals surface area contributed by atoms with Gasteiger partial charge in [-0.25, -0.2) is 8.78 Å². The van der Waals surface area contributed by atoms with E-state index in [0.29, 0.717) is 0 Å². The van der Waals surface area contributed by atoms with E-state index in [1.165, 1.54) is 6.07 Å². The lowest BCUT2D eigenvalue weighted by Gasteiger charge is -2.28. The van der Waals surface area contributed by atoms with Gasteiger partial charge in [0.05, 0.1) is 16.1 Å². The van der Waals surface area contributed by atoms with Crippen molar-refractivity contribution in [2.45, 2.75) is 31.4 Å². The second-order valence-electron chi connectivity index (χ2n) is 4.26. The summed E-state index contributed by atoms with van der Waals surface area (Å²) in [6.07, 6.45) is 1.58. The molecule has 1 heterocycles. The molecule has 17 heavy (non-hydrogen) atoms. The Morgan fingerprint density at radius 2 is 2.12 bits per heavy atom. The van der Waals surface area contributed by atoms with E-state index in [2.05, 4.69) is 21.2 Å². The van der Waals surface area contributed by atoms with Gasteiger partial charge in [0.1, 0.15) is 11.6 Å². The summed E-state index contributed by atoms with van der Waals surface area (Å²) in [4.78, 5) is 0. The maximum atomic E-state index is 13.8. The fraction of sp³-hybridized carbons (Fsp3) is 0.500. The molecule has 1 aliphatic heterocycles. The van der Waals surface area contributed by atoms with E-state index in [9.17, 15) is 13.9 Å². The van der Waals surface area contributed by atoms with Gasteiger partial charge in [-0.05, 0) is 47.4 Å². The topological polar surface area (TPSA) is 32.3 Å². The highest BCUT2D eigenvalue weighted by atomic mass is 79.9. The Hall–Kier alpha value is -0.520. The van der Waals surface area contributed by atoms with E-state index in [-0.39, 0.29) is 16.1 Å². The number of nitrogens with one attached hydrogen (secondary N) is 1. The molecule has 1 aromatic rings. The lowest BCUT2D eigenvalue weighted by molar-refractivity contribution is 0.106. The van der Waals surface area contributed by atoms with Crippen molar-refractivity contribution in [1.29, 1.82) is 0 Å². The number of piperidine rings is 1. The van der Waals surface area contributed by atoms with Crippen LogP contribution in [0.2, 0.25) is 0 Å². The highest BCUT2D eigenvalue weighted by Crippen LogP contribution is 2.30. The van der Waals surface area contributed by atoms with Crippen LogP contribution in [-0.2, 0) is 0 Å². The third kappa shape index (κ3) is 2.67. The fourth-order valence-corrected chi connectivity index (χ4v) is 2.51. The lowest BCUT2D eigenvalue weighted by Crippen LogP contribution is -2.39. The first-order chi connectivity index (χ1) is 8.11. The van der Waals surface area contributed by atoms with Gasteiger partial charge in [-0.2, -0.15) is 0 Å². The molecule has 2 rings (SSSR count). The van der Waals surface area contributed by atoms with Crippen LogP contribution in [0.5, 0.6) is 0 Å². The highest BCUT2D eigenvalue weighted by molar-refractivity contribution is 9.10. The minimum Gasteiger partial charge on any atom is -0.387 e. The minimum absolute atomic E-state index is 0.170. The summed E-state index contributed by atoms with van der Waals surface area (Å²) >= 11 is 3.00. The maximum absolute atomic E-state index is 13.8. The van der Waals surface area contributed by atoms with Gasteiger partial charge in [-0.3, -0.25) is 0 Å². The molecule has 0 aromatic heterocycles.